The molecule has 2 bridgehead atoms. The summed E-state index contributed by atoms with van der Waals surface area (Å²) in [6, 6.07) is 7.31. The van der Waals surface area contributed by atoms with E-state index in [1.165, 1.54) is 21.9 Å². The van der Waals surface area contributed by atoms with Gasteiger partial charge >= 0.3 is 11.4 Å². The van der Waals surface area contributed by atoms with Crippen molar-refractivity contribution < 1.29 is 8.95 Å². The van der Waals surface area contributed by atoms with E-state index in [1.807, 2.05) is 30.3 Å². The molecule has 9 heteroatoms. The van der Waals surface area contributed by atoms with Crippen molar-refractivity contribution in [3.63, 3.8) is 0 Å². The van der Waals surface area contributed by atoms with Gasteiger partial charge in [0, 0.05) is 12.5 Å². The summed E-state index contributed by atoms with van der Waals surface area (Å²) in [5.74, 6) is 0.774. The average molecular weight is 376 g/mol. The number of allylic oxidation sites excluding steroid dienone is 1. The summed E-state index contributed by atoms with van der Waals surface area (Å²) in [5, 5.41) is 0. The molecule has 2 aromatic rings. The Hall–Kier alpha value is -2.55. The second kappa shape index (κ2) is 5.73. The van der Waals surface area contributed by atoms with Crippen LogP contribution in [-0.2, 0) is 9.73 Å². The first-order valence-corrected chi connectivity index (χ1v) is 10.6. The van der Waals surface area contributed by atoms with Crippen molar-refractivity contribution >= 4 is 15.8 Å². The monoisotopic (exact) mass is 376 g/mol. The van der Waals surface area contributed by atoms with Gasteiger partial charge in [-0.3, -0.25) is 0 Å². The summed E-state index contributed by atoms with van der Waals surface area (Å²) >= 11 is 0. The topological polar surface area (TPSA) is 87.6 Å². The highest BCUT2D eigenvalue weighted by Crippen LogP contribution is 2.47. The van der Waals surface area contributed by atoms with E-state index in [1.54, 1.807) is 7.11 Å². The Labute approximate surface area is 150 Å². The highest BCUT2D eigenvalue weighted by atomic mass is 32.2. The van der Waals surface area contributed by atoms with E-state index in [9.17, 15) is 13.8 Å². The van der Waals surface area contributed by atoms with E-state index in [-0.39, 0.29) is 12.1 Å². The van der Waals surface area contributed by atoms with E-state index >= 15 is 0 Å². The summed E-state index contributed by atoms with van der Waals surface area (Å²) in [6.07, 6.45) is 6.42. The van der Waals surface area contributed by atoms with Gasteiger partial charge in [0.25, 0.3) is 0 Å². The molecular formula is C17H20N4O4S. The van der Waals surface area contributed by atoms with Crippen molar-refractivity contribution in [2.75, 3.05) is 19.6 Å². The van der Waals surface area contributed by atoms with Gasteiger partial charge in [-0.15, -0.1) is 9.15 Å². The molecule has 0 radical (unpaired) electrons. The Morgan fingerprint density at radius 2 is 1.62 bits per heavy atom. The maximum absolute atomic E-state index is 12.7. The number of fused-ring (bicyclic) bond motifs is 5. The lowest BCUT2D eigenvalue weighted by atomic mass is 10.1. The third-order valence-corrected chi connectivity index (χ3v) is 5.34. The lowest BCUT2D eigenvalue weighted by Gasteiger charge is -2.12. The lowest BCUT2D eigenvalue weighted by molar-refractivity contribution is 0.374. The van der Waals surface area contributed by atoms with Crippen LogP contribution in [0.5, 0.6) is 5.75 Å². The average Bonchev–Trinajstić information content (AvgIpc) is 3.20. The minimum absolute atomic E-state index is 0.163. The summed E-state index contributed by atoms with van der Waals surface area (Å²) < 4.78 is 24.6. The van der Waals surface area contributed by atoms with Crippen LogP contribution >= 0.6 is 0 Å². The zero-order valence-corrected chi connectivity index (χ0v) is 15.6. The highest BCUT2D eigenvalue weighted by Gasteiger charge is 2.45. The molecule has 0 spiro atoms. The summed E-state index contributed by atoms with van der Waals surface area (Å²) in [4.78, 5) is 25.3. The van der Waals surface area contributed by atoms with Gasteiger partial charge in [-0.2, -0.15) is 0 Å². The molecular weight excluding hydrogens is 356 g/mol. The Bertz CT molecular complexity index is 1090. The molecule has 1 fully saturated rings. The number of aromatic nitrogens is 3. The van der Waals surface area contributed by atoms with Crippen molar-refractivity contribution in [2.45, 2.75) is 24.9 Å². The van der Waals surface area contributed by atoms with Crippen LogP contribution in [-0.4, -0.2) is 37.9 Å². The Kier molecular flexibility index (Phi) is 3.72. The van der Waals surface area contributed by atoms with Crippen molar-refractivity contribution in [1.82, 2.24) is 14.0 Å². The first-order valence-electron chi connectivity index (χ1n) is 8.29. The first-order chi connectivity index (χ1) is 12.3. The van der Waals surface area contributed by atoms with E-state index in [0.29, 0.717) is 0 Å². The summed E-state index contributed by atoms with van der Waals surface area (Å²) in [6.45, 7) is 0. The molecule has 2 aliphatic rings. The molecule has 0 unspecified atom stereocenters. The summed E-state index contributed by atoms with van der Waals surface area (Å²) in [7, 11) is -0.992. The summed E-state index contributed by atoms with van der Waals surface area (Å²) in [5.41, 5.74) is 0.982. The van der Waals surface area contributed by atoms with Gasteiger partial charge in [-0.1, -0.05) is 18.2 Å². The third-order valence-electron chi connectivity index (χ3n) is 4.79. The molecule has 138 valence electrons. The van der Waals surface area contributed by atoms with Crippen molar-refractivity contribution in [1.29, 1.82) is 0 Å². The van der Waals surface area contributed by atoms with Gasteiger partial charge < -0.3 is 4.74 Å². The van der Waals surface area contributed by atoms with Crippen LogP contribution in [0, 0.1) is 0 Å². The number of methoxy groups -OCH3 is 1. The number of nitrogens with zero attached hydrogens (tertiary/aromatic N) is 4. The number of benzene rings is 1. The molecule has 1 saturated carbocycles. The maximum Gasteiger partial charge on any atom is 0.369 e. The quantitative estimate of drug-likeness (QED) is 0.807. The molecule has 1 aliphatic heterocycles. The molecule has 1 aromatic heterocycles. The second-order valence-electron chi connectivity index (χ2n) is 6.86. The molecule has 4 rings (SSSR count). The standard InChI is InChI=1S/C17H20N4O4S/c1-25-12-6-4-11(5-7-12)10-13-14-8-9-15(13)21-17(23)19(16(22)20(14)21)18-26(2,3)24/h4-7,10,14-15H,8-9H2,1-3H3/t14-,15+. The number of rotatable bonds is 3. The van der Waals surface area contributed by atoms with E-state index < -0.39 is 21.1 Å². The van der Waals surface area contributed by atoms with Crippen LogP contribution in [0.2, 0.25) is 0 Å². The van der Waals surface area contributed by atoms with Crippen LogP contribution in [0.15, 0.2) is 43.9 Å². The van der Waals surface area contributed by atoms with Gasteiger partial charge in [0.1, 0.15) is 5.75 Å². The molecule has 2 atom stereocenters. The fourth-order valence-corrected chi connectivity index (χ4v) is 4.31. The van der Waals surface area contributed by atoms with Gasteiger partial charge in [0.05, 0.1) is 28.9 Å². The molecule has 1 aliphatic carbocycles. The van der Waals surface area contributed by atoms with Crippen molar-refractivity contribution in [3.05, 3.63) is 56.4 Å². The Balaban J connectivity index is 1.81. The van der Waals surface area contributed by atoms with Gasteiger partial charge in [0.2, 0.25) is 0 Å². The van der Waals surface area contributed by atoms with Crippen LogP contribution in [0.3, 0.4) is 0 Å². The van der Waals surface area contributed by atoms with Crippen LogP contribution in [0.4, 0.5) is 0 Å². The Morgan fingerprint density at radius 1 is 1.08 bits per heavy atom. The van der Waals surface area contributed by atoms with Gasteiger partial charge in [-0.25, -0.2) is 23.2 Å². The minimum atomic E-state index is -2.61. The molecule has 2 heterocycles. The number of hydrogen-bond donors (Lipinski definition) is 0. The molecule has 0 amide bonds. The van der Waals surface area contributed by atoms with Crippen molar-refractivity contribution in [2.24, 2.45) is 4.47 Å². The van der Waals surface area contributed by atoms with Crippen LogP contribution < -0.4 is 16.1 Å². The third kappa shape index (κ3) is 2.54. The number of hydrogen-bond acceptors (Lipinski definition) is 5. The molecule has 8 nitrogen and oxygen atoms in total. The zero-order chi connectivity index (χ0) is 18.6. The van der Waals surface area contributed by atoms with E-state index in [2.05, 4.69) is 4.47 Å². The largest absolute Gasteiger partial charge is 0.497 e. The molecule has 1 aromatic carbocycles. The predicted octanol–water partition coefficient (Wildman–Crippen LogP) is 1.28. The minimum Gasteiger partial charge on any atom is -0.497 e. The first kappa shape index (κ1) is 16.9. The number of ether oxygens (including phenoxy) is 1. The van der Waals surface area contributed by atoms with Gasteiger partial charge in [0.15, 0.2) is 0 Å². The predicted molar refractivity (Wildman–Crippen MR) is 99.0 cm³/mol. The molecule has 0 saturated heterocycles. The highest BCUT2D eigenvalue weighted by molar-refractivity contribution is 7.92. The van der Waals surface area contributed by atoms with Crippen LogP contribution in [0.1, 0.15) is 30.5 Å². The second-order valence-corrected chi connectivity index (χ2v) is 9.38. The lowest BCUT2D eigenvalue weighted by Crippen LogP contribution is -2.28. The van der Waals surface area contributed by atoms with E-state index in [4.69, 9.17) is 4.74 Å². The van der Waals surface area contributed by atoms with E-state index in [0.717, 1.165) is 34.4 Å². The smallest absolute Gasteiger partial charge is 0.369 e. The molecule has 26 heavy (non-hydrogen) atoms. The SMILES string of the molecule is COc1ccc(C=C2[C@H]3CC[C@@H]2n2c(=O)n(N=S(C)(C)=O)c(=O)n23)cc1. The Morgan fingerprint density at radius 3 is 2.08 bits per heavy atom. The van der Waals surface area contributed by atoms with Crippen molar-refractivity contribution in [3.8, 4) is 5.75 Å². The molecule has 0 N–H and O–H groups in total. The fourth-order valence-electron chi connectivity index (χ4n) is 3.78. The fraction of sp³-hybridized carbons (Fsp3) is 0.412. The normalized spacial score (nSPS) is 22.7. The van der Waals surface area contributed by atoms with Crippen LogP contribution in [0.25, 0.3) is 6.08 Å². The van der Waals surface area contributed by atoms with Gasteiger partial charge in [-0.05, 0) is 36.1 Å². The maximum atomic E-state index is 12.7. The zero-order valence-electron chi connectivity index (χ0n) is 14.8.